The van der Waals surface area contributed by atoms with Crippen molar-refractivity contribution in [2.45, 2.75) is 5.92 Å². The number of rotatable bonds is 4. The van der Waals surface area contributed by atoms with Crippen molar-refractivity contribution in [2.24, 2.45) is 0 Å². The van der Waals surface area contributed by atoms with E-state index in [1.807, 2.05) is 60.7 Å². The van der Waals surface area contributed by atoms with E-state index in [2.05, 4.69) is 12.1 Å². The van der Waals surface area contributed by atoms with E-state index < -0.39 is 0 Å². The Morgan fingerprint density at radius 2 is 1.24 bits per heavy atom. The molecule has 0 aromatic heterocycles. The Hall–Kier alpha value is -4.03. The van der Waals surface area contributed by atoms with Crippen molar-refractivity contribution in [1.82, 2.24) is 0 Å². The first-order chi connectivity index (χ1) is 14.2. The molecular weight excluding hydrogens is 358 g/mol. The van der Waals surface area contributed by atoms with E-state index in [-0.39, 0.29) is 17.4 Å². The summed E-state index contributed by atoms with van der Waals surface area (Å²) < 4.78 is 0. The predicted octanol–water partition coefficient (Wildman–Crippen LogP) is 5.82. The summed E-state index contributed by atoms with van der Waals surface area (Å²) in [7, 11) is 0. The van der Waals surface area contributed by atoms with Gasteiger partial charge in [0, 0.05) is 17.0 Å². The summed E-state index contributed by atoms with van der Waals surface area (Å²) in [6.07, 6.45) is 0. The zero-order valence-corrected chi connectivity index (χ0v) is 15.7. The van der Waals surface area contributed by atoms with Crippen LogP contribution in [0, 0.1) is 11.3 Å². The average Bonchev–Trinajstić information content (AvgIpc) is 2.77. The molecule has 0 aliphatic carbocycles. The van der Waals surface area contributed by atoms with Gasteiger partial charge < -0.3 is 10.2 Å². The number of hydrogen-bond acceptors (Lipinski definition) is 3. The van der Waals surface area contributed by atoms with Crippen molar-refractivity contribution in [1.29, 1.82) is 5.26 Å². The van der Waals surface area contributed by atoms with E-state index >= 15 is 0 Å². The Morgan fingerprint density at radius 1 is 0.621 bits per heavy atom. The molecule has 0 radical (unpaired) electrons. The fourth-order valence-electron chi connectivity index (χ4n) is 3.61. The highest BCUT2D eigenvalue weighted by Gasteiger charge is 2.23. The molecule has 0 heterocycles. The highest BCUT2D eigenvalue weighted by molar-refractivity contribution is 5.64. The Labute approximate surface area is 169 Å². The third-order valence-corrected chi connectivity index (χ3v) is 5.07. The highest BCUT2D eigenvalue weighted by atomic mass is 16.3. The first kappa shape index (κ1) is 18.3. The van der Waals surface area contributed by atoms with Crippen molar-refractivity contribution >= 4 is 0 Å². The van der Waals surface area contributed by atoms with Gasteiger partial charge in [0.2, 0.25) is 0 Å². The number of benzene rings is 4. The van der Waals surface area contributed by atoms with Crippen LogP contribution >= 0.6 is 0 Å². The van der Waals surface area contributed by atoms with Gasteiger partial charge in [-0.25, -0.2) is 0 Å². The standard InChI is InChI=1S/C26H19NO2/c27-17-18-10-15-23(25(29)16-18)26(22-8-4-5-9-24(22)28)21-13-11-20(12-14-21)19-6-2-1-3-7-19/h1-16,26,28-29H. The molecule has 0 bridgehead atoms. The molecular formula is C26H19NO2. The molecule has 0 spiro atoms. The normalized spacial score (nSPS) is 11.6. The first-order valence-electron chi connectivity index (χ1n) is 9.33. The number of nitriles is 1. The lowest BCUT2D eigenvalue weighted by molar-refractivity contribution is 0.458. The van der Waals surface area contributed by atoms with E-state index in [4.69, 9.17) is 5.26 Å². The Bertz CT molecular complexity index is 1180. The van der Waals surface area contributed by atoms with Crippen molar-refractivity contribution in [3.05, 3.63) is 119 Å². The quantitative estimate of drug-likeness (QED) is 0.441. The summed E-state index contributed by atoms with van der Waals surface area (Å²) in [6.45, 7) is 0. The van der Waals surface area contributed by atoms with Crippen LogP contribution in [0.3, 0.4) is 0 Å². The van der Waals surface area contributed by atoms with Gasteiger partial charge in [0.1, 0.15) is 11.5 Å². The first-order valence-corrected chi connectivity index (χ1v) is 9.33. The third-order valence-electron chi connectivity index (χ3n) is 5.07. The van der Waals surface area contributed by atoms with Gasteiger partial charge in [0.15, 0.2) is 0 Å². The number of phenolic OH excluding ortho intramolecular Hbond substituents is 2. The second-order valence-corrected chi connectivity index (χ2v) is 6.87. The van der Waals surface area contributed by atoms with Gasteiger partial charge in [0.05, 0.1) is 11.6 Å². The Morgan fingerprint density at radius 3 is 1.90 bits per heavy atom. The molecule has 0 saturated heterocycles. The number of para-hydroxylation sites is 1. The largest absolute Gasteiger partial charge is 0.508 e. The zero-order chi connectivity index (χ0) is 20.2. The van der Waals surface area contributed by atoms with Crippen LogP contribution in [0.1, 0.15) is 28.2 Å². The van der Waals surface area contributed by atoms with Crippen molar-refractivity contribution in [3.63, 3.8) is 0 Å². The van der Waals surface area contributed by atoms with Gasteiger partial charge in [-0.15, -0.1) is 0 Å². The van der Waals surface area contributed by atoms with Crippen molar-refractivity contribution in [3.8, 4) is 28.7 Å². The van der Waals surface area contributed by atoms with E-state index in [1.54, 1.807) is 24.3 Å². The Kier molecular flexibility index (Phi) is 5.01. The molecule has 4 aromatic rings. The summed E-state index contributed by atoms with van der Waals surface area (Å²) >= 11 is 0. The molecule has 4 aromatic carbocycles. The van der Waals surface area contributed by atoms with Gasteiger partial charge in [-0.05, 0) is 34.9 Å². The average molecular weight is 377 g/mol. The molecule has 4 rings (SSSR count). The molecule has 0 aliphatic heterocycles. The van der Waals surface area contributed by atoms with E-state index in [9.17, 15) is 10.2 Å². The smallest absolute Gasteiger partial charge is 0.121 e. The van der Waals surface area contributed by atoms with Crippen LogP contribution in [0.2, 0.25) is 0 Å². The molecule has 1 atom stereocenters. The highest BCUT2D eigenvalue weighted by Crippen LogP contribution is 2.41. The summed E-state index contributed by atoms with van der Waals surface area (Å²) in [5.74, 6) is -0.174. The molecule has 29 heavy (non-hydrogen) atoms. The molecule has 3 heteroatoms. The summed E-state index contributed by atoms with van der Waals surface area (Å²) in [5.41, 5.74) is 4.87. The van der Waals surface area contributed by atoms with Gasteiger partial charge >= 0.3 is 0 Å². The fraction of sp³-hybridized carbons (Fsp3) is 0.0385. The number of aromatic hydroxyl groups is 2. The minimum Gasteiger partial charge on any atom is -0.508 e. The molecule has 0 amide bonds. The fourth-order valence-corrected chi connectivity index (χ4v) is 3.61. The lowest BCUT2D eigenvalue weighted by Gasteiger charge is -2.21. The van der Waals surface area contributed by atoms with Crippen LogP contribution in [0.15, 0.2) is 97.1 Å². The number of nitrogens with zero attached hydrogens (tertiary/aromatic N) is 1. The summed E-state index contributed by atoms with van der Waals surface area (Å²) in [4.78, 5) is 0. The number of hydrogen-bond donors (Lipinski definition) is 2. The van der Waals surface area contributed by atoms with Gasteiger partial charge in [-0.1, -0.05) is 78.9 Å². The third kappa shape index (κ3) is 3.69. The Balaban J connectivity index is 1.83. The summed E-state index contributed by atoms with van der Waals surface area (Å²) in [6, 6.07) is 32.3. The maximum Gasteiger partial charge on any atom is 0.121 e. The lowest BCUT2D eigenvalue weighted by Crippen LogP contribution is -2.04. The molecule has 0 saturated carbocycles. The minimum atomic E-state index is -0.367. The van der Waals surface area contributed by atoms with Crippen LogP contribution in [0.25, 0.3) is 11.1 Å². The maximum atomic E-state index is 10.6. The van der Waals surface area contributed by atoms with E-state index in [0.29, 0.717) is 16.7 Å². The van der Waals surface area contributed by atoms with Crippen molar-refractivity contribution < 1.29 is 10.2 Å². The molecule has 2 N–H and O–H groups in total. The van der Waals surface area contributed by atoms with Crippen LogP contribution in [0.5, 0.6) is 11.5 Å². The molecule has 140 valence electrons. The monoisotopic (exact) mass is 377 g/mol. The molecule has 0 aliphatic rings. The van der Waals surface area contributed by atoms with Crippen LogP contribution in [0.4, 0.5) is 0 Å². The number of phenols is 2. The zero-order valence-electron chi connectivity index (χ0n) is 15.7. The van der Waals surface area contributed by atoms with E-state index in [0.717, 1.165) is 16.7 Å². The van der Waals surface area contributed by atoms with Gasteiger partial charge in [-0.2, -0.15) is 5.26 Å². The lowest BCUT2D eigenvalue weighted by atomic mass is 9.83. The van der Waals surface area contributed by atoms with Crippen LogP contribution in [-0.4, -0.2) is 10.2 Å². The van der Waals surface area contributed by atoms with Gasteiger partial charge in [-0.3, -0.25) is 0 Å². The van der Waals surface area contributed by atoms with E-state index in [1.165, 1.54) is 6.07 Å². The van der Waals surface area contributed by atoms with Crippen LogP contribution < -0.4 is 0 Å². The SMILES string of the molecule is N#Cc1ccc(C(c2ccc(-c3ccccc3)cc2)c2ccccc2O)c(O)c1. The minimum absolute atomic E-state index is 0.0319. The molecule has 0 fully saturated rings. The summed E-state index contributed by atoms with van der Waals surface area (Å²) in [5, 5.41) is 30.2. The topological polar surface area (TPSA) is 64.2 Å². The molecule has 3 nitrogen and oxygen atoms in total. The molecule has 1 unspecified atom stereocenters. The second-order valence-electron chi connectivity index (χ2n) is 6.87. The van der Waals surface area contributed by atoms with Gasteiger partial charge in [0.25, 0.3) is 0 Å². The van der Waals surface area contributed by atoms with Crippen molar-refractivity contribution in [2.75, 3.05) is 0 Å². The maximum absolute atomic E-state index is 10.6. The van der Waals surface area contributed by atoms with Crippen LogP contribution in [-0.2, 0) is 0 Å². The second kappa shape index (κ2) is 7.92. The predicted molar refractivity (Wildman–Crippen MR) is 114 cm³/mol.